The average molecular weight is 333 g/mol. The SMILES string of the molecule is Cc1cc(CN2CCCC(CBr)C2)c2ccccc2n1. The molecule has 1 unspecified atom stereocenters. The lowest BCUT2D eigenvalue weighted by atomic mass is 9.99. The summed E-state index contributed by atoms with van der Waals surface area (Å²) in [6.45, 7) is 5.57. The van der Waals surface area contributed by atoms with Crippen LogP contribution in [0, 0.1) is 12.8 Å². The van der Waals surface area contributed by atoms with Crippen molar-refractivity contribution in [3.8, 4) is 0 Å². The number of hydrogen-bond donors (Lipinski definition) is 0. The Balaban J connectivity index is 1.86. The summed E-state index contributed by atoms with van der Waals surface area (Å²) in [7, 11) is 0. The van der Waals surface area contributed by atoms with Crippen molar-refractivity contribution < 1.29 is 0 Å². The molecule has 2 heterocycles. The lowest BCUT2D eigenvalue weighted by Gasteiger charge is -2.32. The van der Waals surface area contributed by atoms with Gasteiger partial charge in [0.05, 0.1) is 5.52 Å². The molecule has 3 rings (SSSR count). The standard InChI is InChI=1S/C17H21BrN2/c1-13-9-15(16-6-2-3-7-17(16)19-13)12-20-8-4-5-14(10-18)11-20/h2-3,6-7,9,14H,4-5,8,10-12H2,1H3. The molecule has 20 heavy (non-hydrogen) atoms. The molecule has 0 aliphatic carbocycles. The Morgan fingerprint density at radius 2 is 2.20 bits per heavy atom. The van der Waals surface area contributed by atoms with Gasteiger partial charge in [-0.05, 0) is 49.9 Å². The van der Waals surface area contributed by atoms with E-state index in [4.69, 9.17) is 0 Å². The molecule has 1 saturated heterocycles. The maximum Gasteiger partial charge on any atom is 0.0708 e. The normalized spacial score (nSPS) is 20.4. The van der Waals surface area contributed by atoms with Gasteiger partial charge in [0.2, 0.25) is 0 Å². The second-order valence-electron chi connectivity index (χ2n) is 5.84. The maximum atomic E-state index is 4.63. The Morgan fingerprint density at radius 3 is 3.05 bits per heavy atom. The zero-order valence-corrected chi connectivity index (χ0v) is 13.6. The van der Waals surface area contributed by atoms with E-state index in [0.29, 0.717) is 0 Å². The van der Waals surface area contributed by atoms with Crippen LogP contribution >= 0.6 is 15.9 Å². The van der Waals surface area contributed by atoms with Gasteiger partial charge < -0.3 is 0 Å². The summed E-state index contributed by atoms with van der Waals surface area (Å²) in [5.41, 5.74) is 3.66. The highest BCUT2D eigenvalue weighted by Crippen LogP contribution is 2.24. The first-order valence-corrected chi connectivity index (χ1v) is 8.52. The van der Waals surface area contributed by atoms with Crippen LogP contribution in [0.25, 0.3) is 10.9 Å². The van der Waals surface area contributed by atoms with Gasteiger partial charge >= 0.3 is 0 Å². The predicted molar refractivity (Wildman–Crippen MR) is 88.3 cm³/mol. The molecule has 2 aromatic rings. The highest BCUT2D eigenvalue weighted by molar-refractivity contribution is 9.09. The molecule has 106 valence electrons. The van der Waals surface area contributed by atoms with Crippen LogP contribution in [0.15, 0.2) is 30.3 Å². The third-order valence-electron chi connectivity index (χ3n) is 4.15. The third-order valence-corrected chi connectivity index (χ3v) is 5.06. The zero-order valence-electron chi connectivity index (χ0n) is 12.0. The van der Waals surface area contributed by atoms with E-state index >= 15 is 0 Å². The van der Waals surface area contributed by atoms with Gasteiger partial charge in [0.25, 0.3) is 0 Å². The lowest BCUT2D eigenvalue weighted by Crippen LogP contribution is -2.35. The summed E-state index contributed by atoms with van der Waals surface area (Å²) in [5.74, 6) is 0.804. The number of fused-ring (bicyclic) bond motifs is 1. The summed E-state index contributed by atoms with van der Waals surface area (Å²) in [6.07, 6.45) is 2.68. The van der Waals surface area contributed by atoms with E-state index in [2.05, 4.69) is 63.1 Å². The van der Waals surface area contributed by atoms with Gasteiger partial charge in [0.15, 0.2) is 0 Å². The first kappa shape index (κ1) is 14.0. The van der Waals surface area contributed by atoms with Gasteiger partial charge in [0.1, 0.15) is 0 Å². The van der Waals surface area contributed by atoms with Crippen LogP contribution in [-0.4, -0.2) is 28.3 Å². The highest BCUT2D eigenvalue weighted by Gasteiger charge is 2.19. The zero-order chi connectivity index (χ0) is 13.9. The Bertz CT molecular complexity index is 597. The minimum Gasteiger partial charge on any atom is -0.299 e. The van der Waals surface area contributed by atoms with Crippen molar-refractivity contribution in [2.24, 2.45) is 5.92 Å². The monoisotopic (exact) mass is 332 g/mol. The molecule has 1 aromatic heterocycles. The van der Waals surface area contributed by atoms with Crippen molar-refractivity contribution in [2.45, 2.75) is 26.3 Å². The van der Waals surface area contributed by atoms with E-state index in [1.165, 1.54) is 36.9 Å². The van der Waals surface area contributed by atoms with Crippen LogP contribution < -0.4 is 0 Å². The van der Waals surface area contributed by atoms with Crippen molar-refractivity contribution in [3.63, 3.8) is 0 Å². The number of para-hydroxylation sites is 1. The molecule has 1 atom stereocenters. The number of rotatable bonds is 3. The molecule has 2 nitrogen and oxygen atoms in total. The van der Waals surface area contributed by atoms with Crippen LogP contribution in [0.2, 0.25) is 0 Å². The number of hydrogen-bond acceptors (Lipinski definition) is 2. The number of piperidine rings is 1. The Hall–Kier alpha value is -0.930. The summed E-state index contributed by atoms with van der Waals surface area (Å²) < 4.78 is 0. The molecule has 3 heteroatoms. The average Bonchev–Trinajstić information content (AvgIpc) is 2.47. The number of alkyl halides is 1. The minimum absolute atomic E-state index is 0.804. The minimum atomic E-state index is 0.804. The smallest absolute Gasteiger partial charge is 0.0708 e. The van der Waals surface area contributed by atoms with Crippen LogP contribution in [0.4, 0.5) is 0 Å². The first-order chi connectivity index (χ1) is 9.76. The summed E-state index contributed by atoms with van der Waals surface area (Å²) >= 11 is 3.64. The molecule has 0 spiro atoms. The number of aryl methyl sites for hydroxylation is 1. The number of halogens is 1. The van der Waals surface area contributed by atoms with E-state index in [0.717, 1.165) is 29.0 Å². The van der Waals surface area contributed by atoms with E-state index in [1.54, 1.807) is 0 Å². The summed E-state index contributed by atoms with van der Waals surface area (Å²) in [4.78, 5) is 7.23. The van der Waals surface area contributed by atoms with Crippen molar-refractivity contribution in [3.05, 3.63) is 41.6 Å². The Labute approximate surface area is 129 Å². The molecule has 0 radical (unpaired) electrons. The molecule has 1 aliphatic rings. The van der Waals surface area contributed by atoms with Crippen molar-refractivity contribution in [1.82, 2.24) is 9.88 Å². The number of nitrogens with zero attached hydrogens (tertiary/aromatic N) is 2. The van der Waals surface area contributed by atoms with E-state index < -0.39 is 0 Å². The van der Waals surface area contributed by atoms with Crippen LogP contribution in [0.3, 0.4) is 0 Å². The Morgan fingerprint density at radius 1 is 1.35 bits per heavy atom. The van der Waals surface area contributed by atoms with E-state index in [-0.39, 0.29) is 0 Å². The molecular weight excluding hydrogens is 312 g/mol. The lowest BCUT2D eigenvalue weighted by molar-refractivity contribution is 0.180. The first-order valence-electron chi connectivity index (χ1n) is 7.40. The van der Waals surface area contributed by atoms with Crippen LogP contribution in [0.1, 0.15) is 24.1 Å². The van der Waals surface area contributed by atoms with Crippen LogP contribution in [-0.2, 0) is 6.54 Å². The van der Waals surface area contributed by atoms with Gasteiger partial charge in [-0.15, -0.1) is 0 Å². The van der Waals surface area contributed by atoms with Gasteiger partial charge in [-0.1, -0.05) is 34.1 Å². The molecule has 0 bridgehead atoms. The van der Waals surface area contributed by atoms with Gasteiger partial charge in [-0.25, -0.2) is 0 Å². The van der Waals surface area contributed by atoms with Crippen molar-refractivity contribution in [2.75, 3.05) is 18.4 Å². The van der Waals surface area contributed by atoms with E-state index in [1.807, 2.05) is 0 Å². The molecule has 0 amide bonds. The fraction of sp³-hybridized carbons (Fsp3) is 0.471. The predicted octanol–water partition coefficient (Wildman–Crippen LogP) is 4.15. The van der Waals surface area contributed by atoms with Gasteiger partial charge in [0, 0.05) is 29.5 Å². The maximum absolute atomic E-state index is 4.63. The van der Waals surface area contributed by atoms with E-state index in [9.17, 15) is 0 Å². The summed E-state index contributed by atoms with van der Waals surface area (Å²) in [6, 6.07) is 10.7. The van der Waals surface area contributed by atoms with Gasteiger partial charge in [-0.3, -0.25) is 9.88 Å². The molecule has 0 saturated carbocycles. The Kier molecular flexibility index (Phi) is 4.37. The van der Waals surface area contributed by atoms with Crippen molar-refractivity contribution >= 4 is 26.8 Å². The van der Waals surface area contributed by atoms with Gasteiger partial charge in [-0.2, -0.15) is 0 Å². The topological polar surface area (TPSA) is 16.1 Å². The molecular formula is C17H21BrN2. The fourth-order valence-corrected chi connectivity index (χ4v) is 3.72. The number of benzene rings is 1. The van der Waals surface area contributed by atoms with Crippen molar-refractivity contribution in [1.29, 1.82) is 0 Å². The number of aromatic nitrogens is 1. The quantitative estimate of drug-likeness (QED) is 0.785. The highest BCUT2D eigenvalue weighted by atomic mass is 79.9. The second-order valence-corrected chi connectivity index (χ2v) is 6.49. The number of pyridine rings is 1. The third kappa shape index (κ3) is 3.04. The fourth-order valence-electron chi connectivity index (χ4n) is 3.19. The molecule has 1 aliphatic heterocycles. The largest absolute Gasteiger partial charge is 0.299 e. The second kappa shape index (κ2) is 6.23. The van der Waals surface area contributed by atoms with Crippen LogP contribution in [0.5, 0.6) is 0 Å². The molecule has 0 N–H and O–H groups in total. The molecule has 1 fully saturated rings. The summed E-state index contributed by atoms with van der Waals surface area (Å²) in [5, 5.41) is 2.43. The number of likely N-dealkylation sites (tertiary alicyclic amines) is 1. The molecule has 1 aromatic carbocycles.